The standard InChI is InChI=1S/C28H22O4/c1-32-27(31)23-18-24(17-20-11-5-2-6-12-20)28(19-23,25(29)21-13-7-3-8-14-21)26(30)22-15-9-4-10-16-22/h2-18H,19H2,1H3/b24-17-. The smallest absolute Gasteiger partial charge is 0.333 e. The molecule has 0 spiro atoms. The van der Waals surface area contributed by atoms with Crippen LogP contribution in [0.3, 0.4) is 0 Å². The van der Waals surface area contributed by atoms with Crippen molar-refractivity contribution in [3.63, 3.8) is 0 Å². The first kappa shape index (κ1) is 21.2. The van der Waals surface area contributed by atoms with Crippen LogP contribution in [0.15, 0.2) is 108 Å². The van der Waals surface area contributed by atoms with E-state index in [1.165, 1.54) is 7.11 Å². The van der Waals surface area contributed by atoms with E-state index in [2.05, 4.69) is 0 Å². The number of Topliss-reactive ketones (excluding diaryl/α,β-unsaturated/α-hetero) is 2. The quantitative estimate of drug-likeness (QED) is 0.306. The maximum Gasteiger partial charge on any atom is 0.333 e. The van der Waals surface area contributed by atoms with E-state index in [0.29, 0.717) is 22.3 Å². The summed E-state index contributed by atoms with van der Waals surface area (Å²) in [6.45, 7) is 0. The molecular formula is C28H22O4. The largest absolute Gasteiger partial charge is 0.466 e. The maximum absolute atomic E-state index is 14.0. The highest BCUT2D eigenvalue weighted by Crippen LogP contribution is 2.48. The Bertz CT molecular complexity index is 1150. The molecule has 1 aliphatic carbocycles. The fourth-order valence-electron chi connectivity index (χ4n) is 4.10. The van der Waals surface area contributed by atoms with Gasteiger partial charge in [-0.2, -0.15) is 0 Å². The third-order valence-electron chi connectivity index (χ3n) is 5.69. The summed E-state index contributed by atoms with van der Waals surface area (Å²) in [5, 5.41) is 0. The lowest BCUT2D eigenvalue weighted by atomic mass is 9.69. The van der Waals surface area contributed by atoms with Gasteiger partial charge in [-0.15, -0.1) is 0 Å². The number of carbonyl (C=O) groups is 3. The first-order valence-corrected chi connectivity index (χ1v) is 10.3. The Hall–Kier alpha value is -4.05. The van der Waals surface area contributed by atoms with Crippen molar-refractivity contribution in [3.05, 3.63) is 125 Å². The third-order valence-corrected chi connectivity index (χ3v) is 5.69. The molecule has 4 nitrogen and oxygen atoms in total. The summed E-state index contributed by atoms with van der Waals surface area (Å²) in [4.78, 5) is 40.5. The molecule has 0 radical (unpaired) electrons. The molecule has 0 aliphatic heterocycles. The first-order chi connectivity index (χ1) is 15.6. The molecule has 0 amide bonds. The number of allylic oxidation sites excluding steroid dienone is 2. The Morgan fingerprint density at radius 1 is 0.750 bits per heavy atom. The lowest BCUT2D eigenvalue weighted by Gasteiger charge is -2.29. The second-order valence-corrected chi connectivity index (χ2v) is 7.64. The van der Waals surface area contributed by atoms with Crippen LogP contribution in [0.4, 0.5) is 0 Å². The molecule has 0 saturated carbocycles. The topological polar surface area (TPSA) is 60.4 Å². The van der Waals surface area contributed by atoms with Crippen molar-refractivity contribution in [1.29, 1.82) is 0 Å². The number of benzene rings is 3. The molecule has 0 unspecified atom stereocenters. The van der Waals surface area contributed by atoms with Crippen LogP contribution >= 0.6 is 0 Å². The fraction of sp³-hybridized carbons (Fsp3) is 0.107. The predicted octanol–water partition coefficient (Wildman–Crippen LogP) is 5.33. The van der Waals surface area contributed by atoms with E-state index in [9.17, 15) is 14.4 Å². The maximum atomic E-state index is 14.0. The average molecular weight is 422 g/mol. The number of methoxy groups -OCH3 is 1. The highest BCUT2D eigenvalue weighted by Gasteiger charge is 2.53. The lowest BCUT2D eigenvalue weighted by molar-refractivity contribution is -0.136. The number of ether oxygens (including phenoxy) is 1. The number of ketones is 2. The first-order valence-electron chi connectivity index (χ1n) is 10.3. The zero-order valence-corrected chi connectivity index (χ0v) is 17.7. The molecule has 0 N–H and O–H groups in total. The van der Waals surface area contributed by atoms with Crippen LogP contribution < -0.4 is 0 Å². The van der Waals surface area contributed by atoms with Gasteiger partial charge in [0, 0.05) is 23.1 Å². The summed E-state index contributed by atoms with van der Waals surface area (Å²) < 4.78 is 4.94. The molecule has 1 aliphatic rings. The summed E-state index contributed by atoms with van der Waals surface area (Å²) >= 11 is 0. The van der Waals surface area contributed by atoms with E-state index in [0.717, 1.165) is 5.56 Å². The van der Waals surface area contributed by atoms with Crippen molar-refractivity contribution >= 4 is 23.6 Å². The monoisotopic (exact) mass is 422 g/mol. The Balaban J connectivity index is 1.96. The summed E-state index contributed by atoms with van der Waals surface area (Å²) in [5.41, 5.74) is 0.860. The van der Waals surface area contributed by atoms with Gasteiger partial charge in [0.05, 0.1) is 7.11 Å². The van der Waals surface area contributed by atoms with Crippen LogP contribution in [-0.4, -0.2) is 24.6 Å². The minimum Gasteiger partial charge on any atom is -0.466 e. The molecule has 0 heterocycles. The van der Waals surface area contributed by atoms with E-state index in [1.807, 2.05) is 42.5 Å². The minimum atomic E-state index is -1.57. The number of hydrogen-bond donors (Lipinski definition) is 0. The van der Waals surface area contributed by atoms with Crippen molar-refractivity contribution in [2.24, 2.45) is 5.41 Å². The van der Waals surface area contributed by atoms with E-state index in [-0.39, 0.29) is 18.0 Å². The predicted molar refractivity (Wildman–Crippen MR) is 123 cm³/mol. The fourth-order valence-corrected chi connectivity index (χ4v) is 4.10. The second kappa shape index (κ2) is 8.98. The van der Waals surface area contributed by atoms with Crippen molar-refractivity contribution in [1.82, 2.24) is 0 Å². The highest BCUT2D eigenvalue weighted by atomic mass is 16.5. The van der Waals surface area contributed by atoms with Crippen molar-refractivity contribution in [3.8, 4) is 0 Å². The van der Waals surface area contributed by atoms with Crippen LogP contribution in [0.2, 0.25) is 0 Å². The molecule has 0 saturated heterocycles. The van der Waals surface area contributed by atoms with Gasteiger partial charge in [0.1, 0.15) is 5.41 Å². The van der Waals surface area contributed by atoms with Crippen LogP contribution in [0.1, 0.15) is 32.7 Å². The lowest BCUT2D eigenvalue weighted by Crippen LogP contribution is -2.39. The van der Waals surface area contributed by atoms with Crippen molar-refractivity contribution in [2.75, 3.05) is 7.11 Å². The molecule has 4 rings (SSSR count). The van der Waals surface area contributed by atoms with Crippen LogP contribution in [0, 0.1) is 5.41 Å². The van der Waals surface area contributed by atoms with E-state index < -0.39 is 11.4 Å². The van der Waals surface area contributed by atoms with E-state index in [1.54, 1.807) is 60.7 Å². The molecule has 158 valence electrons. The third kappa shape index (κ3) is 3.83. The highest BCUT2D eigenvalue weighted by molar-refractivity contribution is 6.24. The van der Waals surface area contributed by atoms with Gasteiger partial charge in [-0.05, 0) is 17.2 Å². The molecule has 32 heavy (non-hydrogen) atoms. The zero-order valence-electron chi connectivity index (χ0n) is 17.7. The summed E-state index contributed by atoms with van der Waals surface area (Å²) in [6, 6.07) is 26.9. The van der Waals surface area contributed by atoms with Gasteiger partial charge in [0.25, 0.3) is 0 Å². The van der Waals surface area contributed by atoms with Gasteiger partial charge in [-0.25, -0.2) is 4.79 Å². The Labute approximate surface area is 186 Å². The minimum absolute atomic E-state index is 0.0558. The molecule has 0 bridgehead atoms. The van der Waals surface area contributed by atoms with Crippen LogP contribution in [0.25, 0.3) is 6.08 Å². The molecule has 0 atom stereocenters. The Kier molecular flexibility index (Phi) is 5.95. The molecule has 0 aromatic heterocycles. The van der Waals surface area contributed by atoms with Crippen LogP contribution in [-0.2, 0) is 9.53 Å². The van der Waals surface area contributed by atoms with E-state index >= 15 is 0 Å². The van der Waals surface area contributed by atoms with E-state index in [4.69, 9.17) is 4.74 Å². The normalized spacial score (nSPS) is 15.8. The summed E-state index contributed by atoms with van der Waals surface area (Å²) in [7, 11) is 1.29. The average Bonchev–Trinajstić information content (AvgIpc) is 3.24. The number of carbonyl (C=O) groups excluding carboxylic acids is 3. The summed E-state index contributed by atoms with van der Waals surface area (Å²) in [6.07, 6.45) is 3.37. The van der Waals surface area contributed by atoms with Gasteiger partial charge in [0.2, 0.25) is 0 Å². The van der Waals surface area contributed by atoms with Gasteiger partial charge >= 0.3 is 5.97 Å². The number of esters is 1. The van der Waals surface area contributed by atoms with Gasteiger partial charge in [-0.1, -0.05) is 97.1 Å². The second-order valence-electron chi connectivity index (χ2n) is 7.64. The molecule has 3 aromatic rings. The molecule has 4 heteroatoms. The van der Waals surface area contributed by atoms with Crippen molar-refractivity contribution < 1.29 is 19.1 Å². The van der Waals surface area contributed by atoms with Gasteiger partial charge in [-0.3, -0.25) is 9.59 Å². The Morgan fingerprint density at radius 2 is 1.22 bits per heavy atom. The summed E-state index contributed by atoms with van der Waals surface area (Å²) in [5.74, 6) is -1.24. The molecule has 3 aromatic carbocycles. The van der Waals surface area contributed by atoms with Gasteiger partial charge in [0.15, 0.2) is 11.6 Å². The number of hydrogen-bond acceptors (Lipinski definition) is 4. The molecular weight excluding hydrogens is 400 g/mol. The SMILES string of the molecule is COC(=O)C1=C/C(=C/c2ccccc2)C(C(=O)c2ccccc2)(C(=O)c2ccccc2)C1. The van der Waals surface area contributed by atoms with Crippen molar-refractivity contribution in [2.45, 2.75) is 6.42 Å². The van der Waals surface area contributed by atoms with Crippen LogP contribution in [0.5, 0.6) is 0 Å². The van der Waals surface area contributed by atoms with Gasteiger partial charge < -0.3 is 4.74 Å². The Morgan fingerprint density at radius 3 is 1.69 bits per heavy atom. The zero-order chi connectivity index (χ0) is 22.6. The molecule has 0 fully saturated rings. The number of rotatable bonds is 6.